The Morgan fingerprint density at radius 3 is 2.82 bits per heavy atom. The summed E-state index contributed by atoms with van der Waals surface area (Å²) in [6, 6.07) is 7.00. The number of hydrogen-bond acceptors (Lipinski definition) is 2. The van der Waals surface area contributed by atoms with Gasteiger partial charge in [0.15, 0.2) is 0 Å². The number of amides is 1. The fraction of sp³-hybridized carbons (Fsp3) is 0.417. The molecule has 0 saturated carbocycles. The number of benzene rings is 1. The van der Waals surface area contributed by atoms with Crippen LogP contribution in [0.5, 0.6) is 0 Å². The minimum Gasteiger partial charge on any atom is -0.381 e. The van der Waals surface area contributed by atoms with E-state index < -0.39 is 0 Å². The van der Waals surface area contributed by atoms with Gasteiger partial charge in [-0.15, -0.1) is 0 Å². The zero-order valence-corrected chi connectivity index (χ0v) is 11.8. The molecule has 1 rings (SSSR count). The lowest BCUT2D eigenvalue weighted by Gasteiger charge is -2.06. The predicted molar refractivity (Wildman–Crippen MR) is 73.0 cm³/mol. The molecular formula is C12H15BrClNO2. The maximum Gasteiger partial charge on any atom is 0.252 e. The lowest BCUT2D eigenvalue weighted by molar-refractivity contribution is 0.0945. The summed E-state index contributed by atoms with van der Waals surface area (Å²) in [6.07, 6.45) is 0.795. The number of nitrogens with one attached hydrogen (secondary N) is 1. The van der Waals surface area contributed by atoms with E-state index in [4.69, 9.17) is 16.3 Å². The van der Waals surface area contributed by atoms with E-state index in [1.54, 1.807) is 24.3 Å². The first kappa shape index (κ1) is 14.5. The number of alkyl halides is 1. The largest absolute Gasteiger partial charge is 0.381 e. The topological polar surface area (TPSA) is 38.3 Å². The average molecular weight is 321 g/mol. The average Bonchev–Trinajstić information content (AvgIpc) is 2.34. The molecule has 17 heavy (non-hydrogen) atoms. The van der Waals surface area contributed by atoms with Crippen LogP contribution in [0.3, 0.4) is 0 Å². The Kier molecular flexibility index (Phi) is 7.24. The van der Waals surface area contributed by atoms with Crippen LogP contribution in [0, 0.1) is 0 Å². The van der Waals surface area contributed by atoms with Gasteiger partial charge >= 0.3 is 0 Å². The third-order valence-corrected chi connectivity index (χ3v) is 2.74. The van der Waals surface area contributed by atoms with Crippen LogP contribution in [0.25, 0.3) is 0 Å². The fourth-order valence-corrected chi connectivity index (χ4v) is 1.72. The van der Waals surface area contributed by atoms with E-state index in [0.29, 0.717) is 30.3 Å². The van der Waals surface area contributed by atoms with Crippen molar-refractivity contribution in [2.75, 3.05) is 25.1 Å². The summed E-state index contributed by atoms with van der Waals surface area (Å²) in [6.45, 7) is 1.93. The van der Waals surface area contributed by atoms with E-state index >= 15 is 0 Å². The highest BCUT2D eigenvalue weighted by molar-refractivity contribution is 9.09. The third kappa shape index (κ3) is 5.52. The van der Waals surface area contributed by atoms with Crippen molar-refractivity contribution in [1.29, 1.82) is 0 Å². The molecule has 1 aromatic rings. The van der Waals surface area contributed by atoms with E-state index in [2.05, 4.69) is 21.2 Å². The van der Waals surface area contributed by atoms with E-state index in [9.17, 15) is 4.79 Å². The smallest absolute Gasteiger partial charge is 0.252 e. The maximum atomic E-state index is 11.7. The second kappa shape index (κ2) is 8.50. The number of carbonyl (C=O) groups is 1. The minimum absolute atomic E-state index is 0.143. The van der Waals surface area contributed by atoms with E-state index in [1.165, 1.54) is 0 Å². The van der Waals surface area contributed by atoms with Crippen LogP contribution in [0.4, 0.5) is 0 Å². The highest BCUT2D eigenvalue weighted by Crippen LogP contribution is 2.14. The molecule has 0 fully saturated rings. The van der Waals surface area contributed by atoms with Crippen LogP contribution >= 0.6 is 27.5 Å². The second-order valence-corrected chi connectivity index (χ2v) is 4.59. The quantitative estimate of drug-likeness (QED) is 0.620. The molecule has 0 aromatic heterocycles. The van der Waals surface area contributed by atoms with Gasteiger partial charge in [0.2, 0.25) is 0 Å². The van der Waals surface area contributed by atoms with Gasteiger partial charge in [0.05, 0.1) is 17.2 Å². The standard InChI is InChI=1S/C12H15BrClNO2/c13-6-9-17-8-3-7-15-12(16)10-4-1-2-5-11(10)14/h1-2,4-5H,3,6-9H2,(H,15,16). The first-order valence-corrected chi connectivity index (χ1v) is 6.92. The minimum atomic E-state index is -0.143. The van der Waals surface area contributed by atoms with E-state index in [1.807, 2.05) is 0 Å². The Morgan fingerprint density at radius 2 is 2.12 bits per heavy atom. The van der Waals surface area contributed by atoms with Crippen molar-refractivity contribution in [2.24, 2.45) is 0 Å². The number of carbonyl (C=O) groups excluding carboxylic acids is 1. The molecule has 0 bridgehead atoms. The number of hydrogen-bond donors (Lipinski definition) is 1. The predicted octanol–water partition coefficient (Wildman–Crippen LogP) is 2.87. The summed E-state index contributed by atoms with van der Waals surface area (Å²) >= 11 is 9.18. The summed E-state index contributed by atoms with van der Waals surface area (Å²) in [5.74, 6) is -0.143. The molecule has 0 aliphatic heterocycles. The molecule has 0 radical (unpaired) electrons. The Balaban J connectivity index is 2.24. The second-order valence-electron chi connectivity index (χ2n) is 3.39. The molecular weight excluding hydrogens is 305 g/mol. The van der Waals surface area contributed by atoms with Gasteiger partial charge in [0.1, 0.15) is 0 Å². The van der Waals surface area contributed by atoms with Gasteiger partial charge in [0.25, 0.3) is 5.91 Å². The Labute approximate surface area is 115 Å². The maximum absolute atomic E-state index is 11.7. The molecule has 1 N–H and O–H groups in total. The van der Waals surface area contributed by atoms with Crippen molar-refractivity contribution in [1.82, 2.24) is 5.32 Å². The van der Waals surface area contributed by atoms with Gasteiger partial charge in [-0.1, -0.05) is 39.7 Å². The summed E-state index contributed by atoms with van der Waals surface area (Å²) in [4.78, 5) is 11.7. The highest BCUT2D eigenvalue weighted by Gasteiger charge is 2.07. The first-order chi connectivity index (χ1) is 8.25. The third-order valence-electron chi connectivity index (χ3n) is 2.09. The van der Waals surface area contributed by atoms with Crippen LogP contribution < -0.4 is 5.32 Å². The fourth-order valence-electron chi connectivity index (χ4n) is 1.27. The molecule has 0 aliphatic rings. The molecule has 0 unspecified atom stereocenters. The van der Waals surface area contributed by atoms with Crippen molar-refractivity contribution in [2.45, 2.75) is 6.42 Å². The molecule has 3 nitrogen and oxygen atoms in total. The van der Waals surface area contributed by atoms with Crippen molar-refractivity contribution in [3.05, 3.63) is 34.9 Å². The number of ether oxygens (including phenoxy) is 1. The lowest BCUT2D eigenvalue weighted by Crippen LogP contribution is -2.25. The van der Waals surface area contributed by atoms with Crippen LogP contribution in [-0.4, -0.2) is 31.0 Å². The van der Waals surface area contributed by atoms with Crippen LogP contribution in [0.2, 0.25) is 5.02 Å². The van der Waals surface area contributed by atoms with Crippen LogP contribution in [0.15, 0.2) is 24.3 Å². The van der Waals surface area contributed by atoms with E-state index in [-0.39, 0.29) is 5.91 Å². The van der Waals surface area contributed by atoms with Crippen molar-refractivity contribution in [3.63, 3.8) is 0 Å². The normalized spacial score (nSPS) is 10.2. The number of rotatable bonds is 7. The highest BCUT2D eigenvalue weighted by atomic mass is 79.9. The van der Waals surface area contributed by atoms with Crippen LogP contribution in [-0.2, 0) is 4.74 Å². The number of halogens is 2. The summed E-state index contributed by atoms with van der Waals surface area (Å²) < 4.78 is 5.27. The molecule has 0 atom stereocenters. The van der Waals surface area contributed by atoms with Crippen molar-refractivity contribution >= 4 is 33.4 Å². The Hall–Kier alpha value is -0.580. The van der Waals surface area contributed by atoms with Gasteiger partial charge in [-0.2, -0.15) is 0 Å². The van der Waals surface area contributed by atoms with Gasteiger partial charge in [-0.05, 0) is 18.6 Å². The van der Waals surface area contributed by atoms with Gasteiger partial charge in [-0.25, -0.2) is 0 Å². The first-order valence-electron chi connectivity index (χ1n) is 5.42. The van der Waals surface area contributed by atoms with Crippen molar-refractivity contribution < 1.29 is 9.53 Å². The lowest BCUT2D eigenvalue weighted by atomic mass is 10.2. The monoisotopic (exact) mass is 319 g/mol. The zero-order valence-electron chi connectivity index (χ0n) is 9.42. The van der Waals surface area contributed by atoms with Crippen LogP contribution in [0.1, 0.15) is 16.8 Å². The van der Waals surface area contributed by atoms with Gasteiger partial charge in [0, 0.05) is 18.5 Å². The summed E-state index contributed by atoms with van der Waals surface area (Å²) in [5.41, 5.74) is 0.510. The molecule has 5 heteroatoms. The summed E-state index contributed by atoms with van der Waals surface area (Å²) in [5, 5.41) is 4.11. The molecule has 0 spiro atoms. The molecule has 1 amide bonds. The van der Waals surface area contributed by atoms with Crippen molar-refractivity contribution in [3.8, 4) is 0 Å². The molecule has 0 saturated heterocycles. The molecule has 0 aliphatic carbocycles. The van der Waals surface area contributed by atoms with Gasteiger partial charge in [-0.3, -0.25) is 4.79 Å². The zero-order chi connectivity index (χ0) is 12.5. The SMILES string of the molecule is O=C(NCCCOCCBr)c1ccccc1Cl. The molecule has 0 heterocycles. The van der Waals surface area contributed by atoms with E-state index in [0.717, 1.165) is 11.8 Å². The van der Waals surface area contributed by atoms with Gasteiger partial charge < -0.3 is 10.1 Å². The Bertz CT molecular complexity index is 360. The molecule has 94 valence electrons. The molecule has 1 aromatic carbocycles. The Morgan fingerprint density at radius 1 is 1.35 bits per heavy atom. The summed E-state index contributed by atoms with van der Waals surface area (Å²) in [7, 11) is 0.